The van der Waals surface area contributed by atoms with Crippen LogP contribution in [-0.4, -0.2) is 86.1 Å². The van der Waals surface area contributed by atoms with E-state index in [2.05, 4.69) is 59.8 Å². The maximum Gasteiger partial charge on any atom is 0.194 e. The summed E-state index contributed by atoms with van der Waals surface area (Å²) in [5.74, 6) is 1.05. The van der Waals surface area contributed by atoms with Crippen LogP contribution in [0.1, 0.15) is 34.1 Å². The molecule has 2 heterocycles. The van der Waals surface area contributed by atoms with E-state index in [0.717, 1.165) is 25.6 Å². The number of guanidine groups is 1. The number of aliphatic imine (C=N–C) groups is 1. The van der Waals surface area contributed by atoms with Crippen molar-refractivity contribution in [3.8, 4) is 0 Å². The van der Waals surface area contributed by atoms with Crippen molar-refractivity contribution in [3.05, 3.63) is 0 Å². The number of hydrogen-bond donors (Lipinski definition) is 1. The Kier molecular flexibility index (Phi) is 5.38. The summed E-state index contributed by atoms with van der Waals surface area (Å²) < 4.78 is 0. The van der Waals surface area contributed by atoms with Gasteiger partial charge in [0.05, 0.1) is 0 Å². The molecule has 128 valence electrons. The quantitative estimate of drug-likeness (QED) is 0.630. The Bertz CT molecular complexity index is 402. The number of nitrogens with one attached hydrogen (secondary N) is 1. The highest BCUT2D eigenvalue weighted by atomic mass is 15.4. The van der Waals surface area contributed by atoms with Crippen molar-refractivity contribution in [2.24, 2.45) is 10.4 Å². The monoisotopic (exact) mass is 309 g/mol. The minimum atomic E-state index is 0.167. The van der Waals surface area contributed by atoms with Crippen molar-refractivity contribution in [1.29, 1.82) is 0 Å². The largest absolute Gasteiger partial charge is 0.355 e. The molecule has 0 unspecified atom stereocenters. The topological polar surface area (TPSA) is 34.1 Å². The zero-order chi connectivity index (χ0) is 16.4. The second-order valence-electron chi connectivity index (χ2n) is 8.00. The minimum absolute atomic E-state index is 0.167. The van der Waals surface area contributed by atoms with Gasteiger partial charge in [0.25, 0.3) is 0 Å². The van der Waals surface area contributed by atoms with Crippen LogP contribution in [0.25, 0.3) is 0 Å². The first kappa shape index (κ1) is 17.5. The molecule has 0 aromatic rings. The third kappa shape index (κ3) is 3.57. The van der Waals surface area contributed by atoms with Gasteiger partial charge in [-0.05, 0) is 40.4 Å². The Balaban J connectivity index is 1.78. The van der Waals surface area contributed by atoms with Crippen LogP contribution < -0.4 is 5.32 Å². The van der Waals surface area contributed by atoms with Gasteiger partial charge in [0.15, 0.2) is 5.96 Å². The summed E-state index contributed by atoms with van der Waals surface area (Å²) in [4.78, 5) is 11.9. The fourth-order valence-electron chi connectivity index (χ4n) is 3.34. The lowest BCUT2D eigenvalue weighted by Crippen LogP contribution is -2.72. The average molecular weight is 310 g/mol. The van der Waals surface area contributed by atoms with E-state index in [0.29, 0.717) is 5.41 Å². The molecule has 2 aliphatic rings. The molecule has 2 saturated heterocycles. The molecular formula is C17H35N5. The van der Waals surface area contributed by atoms with Crippen molar-refractivity contribution >= 4 is 5.96 Å². The maximum atomic E-state index is 4.49. The van der Waals surface area contributed by atoms with Crippen molar-refractivity contribution < 1.29 is 0 Å². The molecule has 2 fully saturated rings. The molecule has 5 nitrogen and oxygen atoms in total. The van der Waals surface area contributed by atoms with Gasteiger partial charge >= 0.3 is 0 Å². The third-order valence-corrected chi connectivity index (χ3v) is 5.88. The second-order valence-corrected chi connectivity index (χ2v) is 8.00. The van der Waals surface area contributed by atoms with E-state index in [-0.39, 0.29) is 5.54 Å². The smallest absolute Gasteiger partial charge is 0.194 e. The van der Waals surface area contributed by atoms with Crippen LogP contribution >= 0.6 is 0 Å². The third-order valence-electron chi connectivity index (χ3n) is 5.88. The van der Waals surface area contributed by atoms with Crippen LogP contribution in [0.4, 0.5) is 0 Å². The lowest BCUT2D eigenvalue weighted by atomic mass is 9.65. The SMILES string of the molecule is CN=C(NCCN1CCCN(C)CC1)N1CC(C)(C)C1(C)C. The Morgan fingerprint density at radius 3 is 2.41 bits per heavy atom. The van der Waals surface area contributed by atoms with Gasteiger partial charge in [0.1, 0.15) is 0 Å². The highest BCUT2D eigenvalue weighted by molar-refractivity contribution is 5.82. The normalized spacial score (nSPS) is 26.5. The molecule has 1 N–H and O–H groups in total. The zero-order valence-corrected chi connectivity index (χ0v) is 15.4. The number of likely N-dealkylation sites (tertiary alicyclic amines) is 1. The van der Waals surface area contributed by atoms with Gasteiger partial charge in [-0.15, -0.1) is 0 Å². The summed E-state index contributed by atoms with van der Waals surface area (Å²) in [7, 11) is 4.11. The molecule has 0 aromatic carbocycles. The summed E-state index contributed by atoms with van der Waals surface area (Å²) in [6.07, 6.45) is 1.28. The molecule has 2 aliphatic heterocycles. The molecule has 2 rings (SSSR count). The summed E-state index contributed by atoms with van der Waals surface area (Å²) in [5.41, 5.74) is 0.514. The molecule has 0 atom stereocenters. The Morgan fingerprint density at radius 2 is 1.82 bits per heavy atom. The van der Waals surface area contributed by atoms with Crippen molar-refractivity contribution in [1.82, 2.24) is 20.0 Å². The lowest BCUT2D eigenvalue weighted by Gasteiger charge is -2.62. The van der Waals surface area contributed by atoms with Crippen LogP contribution in [0.3, 0.4) is 0 Å². The number of hydrogen-bond acceptors (Lipinski definition) is 3. The molecule has 22 heavy (non-hydrogen) atoms. The predicted molar refractivity (Wildman–Crippen MR) is 94.5 cm³/mol. The van der Waals surface area contributed by atoms with Crippen LogP contribution in [-0.2, 0) is 0 Å². The van der Waals surface area contributed by atoms with Crippen molar-refractivity contribution in [3.63, 3.8) is 0 Å². The summed E-state index contributed by atoms with van der Waals surface area (Å²) in [5, 5.41) is 3.56. The average Bonchev–Trinajstić information content (AvgIpc) is 2.66. The molecular weight excluding hydrogens is 274 g/mol. The first-order valence-corrected chi connectivity index (χ1v) is 8.67. The van der Waals surface area contributed by atoms with Gasteiger partial charge in [-0.2, -0.15) is 0 Å². The van der Waals surface area contributed by atoms with Crippen LogP contribution in [0, 0.1) is 5.41 Å². The Hall–Kier alpha value is -0.810. The van der Waals surface area contributed by atoms with E-state index in [4.69, 9.17) is 0 Å². The van der Waals surface area contributed by atoms with E-state index in [1.54, 1.807) is 0 Å². The second kappa shape index (κ2) is 6.75. The van der Waals surface area contributed by atoms with E-state index in [1.165, 1.54) is 32.6 Å². The highest BCUT2D eigenvalue weighted by Crippen LogP contribution is 2.46. The molecule has 0 aliphatic carbocycles. The van der Waals surface area contributed by atoms with Gasteiger partial charge in [-0.1, -0.05) is 13.8 Å². The summed E-state index contributed by atoms with van der Waals surface area (Å²) in [6.45, 7) is 17.3. The Morgan fingerprint density at radius 1 is 1.09 bits per heavy atom. The lowest BCUT2D eigenvalue weighted by molar-refractivity contribution is -0.0667. The van der Waals surface area contributed by atoms with Crippen molar-refractivity contribution in [2.75, 3.05) is 59.9 Å². The number of nitrogens with zero attached hydrogens (tertiary/aromatic N) is 4. The van der Waals surface area contributed by atoms with E-state index < -0.39 is 0 Å². The predicted octanol–water partition coefficient (Wildman–Crippen LogP) is 1.32. The summed E-state index contributed by atoms with van der Waals surface area (Å²) >= 11 is 0. The van der Waals surface area contributed by atoms with Gasteiger partial charge in [-0.25, -0.2) is 0 Å². The van der Waals surface area contributed by atoms with Crippen LogP contribution in [0.5, 0.6) is 0 Å². The van der Waals surface area contributed by atoms with Crippen LogP contribution in [0.2, 0.25) is 0 Å². The van der Waals surface area contributed by atoms with E-state index >= 15 is 0 Å². The fraction of sp³-hybridized carbons (Fsp3) is 0.941. The van der Waals surface area contributed by atoms with Crippen LogP contribution in [0.15, 0.2) is 4.99 Å². The minimum Gasteiger partial charge on any atom is -0.355 e. The van der Waals surface area contributed by atoms with Gasteiger partial charge in [0.2, 0.25) is 0 Å². The fourth-order valence-corrected chi connectivity index (χ4v) is 3.34. The van der Waals surface area contributed by atoms with Gasteiger partial charge in [0, 0.05) is 50.7 Å². The van der Waals surface area contributed by atoms with Gasteiger partial charge in [-0.3, -0.25) is 4.99 Å². The molecule has 0 saturated carbocycles. The zero-order valence-electron chi connectivity index (χ0n) is 15.4. The highest BCUT2D eigenvalue weighted by Gasteiger charge is 2.53. The molecule has 0 bridgehead atoms. The van der Waals surface area contributed by atoms with E-state index in [9.17, 15) is 0 Å². The first-order chi connectivity index (χ1) is 10.3. The molecule has 0 amide bonds. The molecule has 0 spiro atoms. The van der Waals surface area contributed by atoms with E-state index in [1.807, 2.05) is 7.05 Å². The van der Waals surface area contributed by atoms with Crippen molar-refractivity contribution in [2.45, 2.75) is 39.7 Å². The maximum absolute atomic E-state index is 4.49. The molecule has 0 aromatic heterocycles. The first-order valence-electron chi connectivity index (χ1n) is 8.67. The molecule has 5 heteroatoms. The number of likely N-dealkylation sites (N-methyl/N-ethyl adjacent to an activating group) is 1. The number of rotatable bonds is 3. The standard InChI is InChI=1S/C17H35N5/c1-16(2)14-22(17(16,3)4)15(18-5)19-8-11-21-10-7-9-20(6)12-13-21/h7-14H2,1-6H3,(H,18,19). The van der Waals surface area contributed by atoms with Gasteiger partial charge < -0.3 is 20.0 Å². The summed E-state index contributed by atoms with van der Waals surface area (Å²) in [6, 6.07) is 0. The Labute approximate surface area is 136 Å². The molecule has 0 radical (unpaired) electrons.